The Kier molecular flexibility index (Phi) is 8.88. The molecule has 358 valence electrons. The molecule has 0 bridgehead atoms. The quantitative estimate of drug-likeness (QED) is 0.164. The Morgan fingerprint density at radius 3 is 1.57 bits per heavy atom. The molecule has 1 aliphatic heterocycles. The molecule has 0 N–H and O–H groups in total. The first-order valence-corrected chi connectivity index (χ1v) is 27.6. The van der Waals surface area contributed by atoms with Gasteiger partial charge in [-0.3, -0.25) is 0 Å². The summed E-state index contributed by atoms with van der Waals surface area (Å²) in [5, 5.41) is 2.54. The van der Waals surface area contributed by atoms with Crippen molar-refractivity contribution >= 4 is 65.6 Å². The number of fused-ring (bicyclic) bond motifs is 18. The van der Waals surface area contributed by atoms with Gasteiger partial charge in [0.2, 0.25) is 0 Å². The van der Waals surface area contributed by atoms with E-state index in [-0.39, 0.29) is 0 Å². The van der Waals surface area contributed by atoms with E-state index in [1.807, 2.05) is 11.3 Å². The van der Waals surface area contributed by atoms with Gasteiger partial charge >= 0.3 is 0 Å². The summed E-state index contributed by atoms with van der Waals surface area (Å²) < 4.78 is 2.57. The zero-order valence-electron chi connectivity index (χ0n) is 41.9. The van der Waals surface area contributed by atoms with Crippen molar-refractivity contribution in [2.75, 3.05) is 9.80 Å². The number of hydrogen-bond acceptors (Lipinski definition) is 3. The first kappa shape index (κ1) is 42.8. The lowest BCUT2D eigenvalue weighted by Gasteiger charge is -2.44. The highest BCUT2D eigenvalue weighted by atomic mass is 32.1. The van der Waals surface area contributed by atoms with Crippen LogP contribution in [-0.2, 0) is 10.8 Å². The minimum atomic E-state index is -0.658. The van der Waals surface area contributed by atoms with Crippen LogP contribution in [-0.4, -0.2) is 0 Å². The van der Waals surface area contributed by atoms with Gasteiger partial charge in [0.15, 0.2) is 0 Å². The fraction of sp³-hybridized carbons (Fsp3) is 0.0270. The lowest BCUT2D eigenvalue weighted by Crippen LogP contribution is -2.36. The van der Waals surface area contributed by atoms with Crippen LogP contribution in [0.3, 0.4) is 0 Å². The Labute approximate surface area is 451 Å². The summed E-state index contributed by atoms with van der Waals surface area (Å²) in [6.07, 6.45) is 0. The molecular weight excluding hydrogens is 949 g/mol. The van der Waals surface area contributed by atoms with Gasteiger partial charge in [0.25, 0.3) is 0 Å². The second-order valence-corrected chi connectivity index (χ2v) is 22.1. The molecule has 77 heavy (non-hydrogen) atoms. The van der Waals surface area contributed by atoms with Crippen LogP contribution in [0.5, 0.6) is 0 Å². The highest BCUT2D eigenvalue weighted by Gasteiger charge is 2.54. The van der Waals surface area contributed by atoms with Gasteiger partial charge in [0.05, 0.1) is 27.9 Å². The normalized spacial score (nSPS) is 15.4. The molecule has 2 heterocycles. The van der Waals surface area contributed by atoms with Crippen molar-refractivity contribution in [3.8, 4) is 44.5 Å². The van der Waals surface area contributed by atoms with Gasteiger partial charge in [-0.25, -0.2) is 0 Å². The minimum absolute atomic E-state index is 0.514. The largest absolute Gasteiger partial charge is 0.310 e. The van der Waals surface area contributed by atoms with E-state index in [9.17, 15) is 0 Å². The monoisotopic (exact) mass is 994 g/mol. The van der Waals surface area contributed by atoms with Crippen molar-refractivity contribution in [1.82, 2.24) is 0 Å². The standard InChI is InChI=1S/C74H46N2S/c1-4-21-47(22-5-1)58-45-59-57-31-20-37-68-72(57)73(48-23-6-2-7-24-48,64-35-17-18-36-67(64)76(68)49-25-8-3-9-26-49)66(59)46-69(58)75(50-40-42-71-60(43-50)56-30-13-19-38-70(56)77-71)51-39-41-55-54-29-12-16-34-63(54)74(65(55)44-51)61-32-14-10-27-52(61)53-28-11-15-33-62(53)74/h1-46H. The third-order valence-electron chi connectivity index (χ3n) is 17.4. The van der Waals surface area contributed by atoms with Crippen LogP contribution in [0.25, 0.3) is 64.7 Å². The van der Waals surface area contributed by atoms with Gasteiger partial charge < -0.3 is 9.80 Å². The third-order valence-corrected chi connectivity index (χ3v) is 18.6. The lowest BCUT2D eigenvalue weighted by molar-refractivity contribution is 0.753. The number of rotatable bonds is 6. The van der Waals surface area contributed by atoms with Crippen LogP contribution in [0.4, 0.5) is 34.1 Å². The number of hydrogen-bond donors (Lipinski definition) is 0. The SMILES string of the molecule is c1ccc(-c2cc3c(cc2N(c2ccc4c(c2)C2(c5ccccc5-c5ccccc52)c2ccccc2-4)c2ccc4sc5ccccc5c4c2)C2(c4ccccc4)c4ccccc4N(c4ccccc4)c4cccc-3c42)cc1. The first-order chi connectivity index (χ1) is 38.2. The highest BCUT2D eigenvalue weighted by molar-refractivity contribution is 7.25. The molecular formula is C74H46N2S. The van der Waals surface area contributed by atoms with Crippen molar-refractivity contribution in [2.24, 2.45) is 0 Å². The predicted molar refractivity (Wildman–Crippen MR) is 321 cm³/mol. The molecule has 1 unspecified atom stereocenters. The summed E-state index contributed by atoms with van der Waals surface area (Å²) in [7, 11) is 0. The third kappa shape index (κ3) is 5.63. The van der Waals surface area contributed by atoms with Gasteiger partial charge in [0, 0.05) is 48.4 Å². The van der Waals surface area contributed by atoms with E-state index in [4.69, 9.17) is 0 Å². The molecule has 3 heteroatoms. The zero-order valence-corrected chi connectivity index (χ0v) is 42.7. The summed E-state index contributed by atoms with van der Waals surface area (Å²) in [5.41, 5.74) is 26.1. The van der Waals surface area contributed by atoms with E-state index < -0.39 is 10.8 Å². The molecule has 13 aromatic rings. The van der Waals surface area contributed by atoms with Crippen molar-refractivity contribution in [1.29, 1.82) is 0 Å². The van der Waals surface area contributed by atoms with Crippen LogP contribution >= 0.6 is 11.3 Å². The first-order valence-electron chi connectivity index (χ1n) is 26.7. The number of nitrogens with zero attached hydrogens (tertiary/aromatic N) is 2. The predicted octanol–water partition coefficient (Wildman–Crippen LogP) is 19.7. The molecule has 0 radical (unpaired) electrons. The molecule has 0 fully saturated rings. The molecule has 1 spiro atoms. The van der Waals surface area contributed by atoms with Gasteiger partial charge in [-0.1, -0.05) is 206 Å². The Morgan fingerprint density at radius 1 is 0.312 bits per heavy atom. The molecule has 1 atom stereocenters. The van der Waals surface area contributed by atoms with Crippen molar-refractivity contribution in [2.45, 2.75) is 10.8 Å². The van der Waals surface area contributed by atoms with E-state index in [1.54, 1.807) is 0 Å². The highest BCUT2D eigenvalue weighted by Crippen LogP contribution is 2.67. The molecule has 0 saturated heterocycles. The smallest absolute Gasteiger partial charge is 0.0755 e. The Bertz CT molecular complexity index is 4530. The zero-order chi connectivity index (χ0) is 50.4. The molecule has 0 saturated carbocycles. The van der Waals surface area contributed by atoms with Gasteiger partial charge in [-0.2, -0.15) is 0 Å². The second-order valence-electron chi connectivity index (χ2n) is 21.0. The van der Waals surface area contributed by atoms with E-state index in [2.05, 4.69) is 289 Å². The number of anilines is 6. The van der Waals surface area contributed by atoms with Gasteiger partial charge in [-0.15, -0.1) is 11.3 Å². The fourth-order valence-corrected chi connectivity index (χ4v) is 15.6. The van der Waals surface area contributed by atoms with Crippen molar-refractivity contribution in [3.63, 3.8) is 0 Å². The maximum Gasteiger partial charge on any atom is 0.0755 e. The molecule has 0 amide bonds. The van der Waals surface area contributed by atoms with E-state index in [0.717, 1.165) is 28.3 Å². The van der Waals surface area contributed by atoms with E-state index in [0.29, 0.717) is 0 Å². The summed E-state index contributed by atoms with van der Waals surface area (Å²) in [6.45, 7) is 0. The van der Waals surface area contributed by atoms with Crippen LogP contribution in [0.1, 0.15) is 44.5 Å². The average molecular weight is 995 g/mol. The summed E-state index contributed by atoms with van der Waals surface area (Å²) in [5.74, 6) is 0. The number of benzene rings is 12. The topological polar surface area (TPSA) is 6.48 Å². The number of thiophene rings is 1. The van der Waals surface area contributed by atoms with Crippen molar-refractivity contribution < 1.29 is 0 Å². The Morgan fingerprint density at radius 2 is 0.844 bits per heavy atom. The van der Waals surface area contributed by atoms with Crippen molar-refractivity contribution in [3.05, 3.63) is 324 Å². The van der Waals surface area contributed by atoms with Gasteiger partial charge in [-0.05, 0) is 151 Å². The maximum absolute atomic E-state index is 2.60. The van der Waals surface area contributed by atoms with E-state index >= 15 is 0 Å². The Balaban J connectivity index is 1.00. The molecule has 1 aromatic heterocycles. The summed E-state index contributed by atoms with van der Waals surface area (Å²) >= 11 is 1.87. The van der Waals surface area contributed by atoms with E-state index in [1.165, 1.54) is 115 Å². The molecule has 3 aliphatic carbocycles. The van der Waals surface area contributed by atoms with Crippen LogP contribution in [0.15, 0.2) is 279 Å². The maximum atomic E-state index is 2.60. The van der Waals surface area contributed by atoms with Crippen LogP contribution in [0, 0.1) is 0 Å². The summed E-state index contributed by atoms with van der Waals surface area (Å²) in [4.78, 5) is 5.09. The van der Waals surface area contributed by atoms with Crippen LogP contribution in [0.2, 0.25) is 0 Å². The minimum Gasteiger partial charge on any atom is -0.310 e. The van der Waals surface area contributed by atoms with Crippen LogP contribution < -0.4 is 9.80 Å². The molecule has 2 nitrogen and oxygen atoms in total. The average Bonchev–Trinajstić information content (AvgIpc) is 4.24. The number of para-hydroxylation sites is 2. The molecule has 4 aliphatic rings. The Hall–Kier alpha value is -9.54. The lowest BCUT2D eigenvalue weighted by atomic mass is 9.64. The molecule has 12 aromatic carbocycles. The second kappa shape index (κ2) is 16.0. The molecule has 17 rings (SSSR count). The fourth-order valence-electron chi connectivity index (χ4n) is 14.5. The van der Waals surface area contributed by atoms with Gasteiger partial charge in [0.1, 0.15) is 0 Å². The summed E-state index contributed by atoms with van der Waals surface area (Å²) in [6, 6.07) is 105.